The first-order valence-electron chi connectivity index (χ1n) is 6.66. The molecule has 1 aromatic heterocycles. The van der Waals surface area contributed by atoms with Crippen LogP contribution < -0.4 is 0 Å². The van der Waals surface area contributed by atoms with Crippen LogP contribution in [0.2, 0.25) is 0 Å². The zero-order valence-corrected chi connectivity index (χ0v) is 12.1. The van der Waals surface area contributed by atoms with E-state index in [1.165, 1.54) is 34.8 Å². The summed E-state index contributed by atoms with van der Waals surface area (Å²) < 4.78 is 6.91. The molecule has 1 aromatic carbocycles. The van der Waals surface area contributed by atoms with Gasteiger partial charge < -0.3 is 9.30 Å². The molecule has 0 atom stereocenters. The molecule has 0 spiro atoms. The smallest absolute Gasteiger partial charge is 0.305 e. The van der Waals surface area contributed by atoms with Crippen LogP contribution in [-0.4, -0.2) is 17.6 Å². The van der Waals surface area contributed by atoms with E-state index in [1.807, 2.05) is 0 Å². The number of methoxy groups -OCH3 is 1. The first-order chi connectivity index (χ1) is 9.04. The van der Waals surface area contributed by atoms with Gasteiger partial charge in [0.25, 0.3) is 0 Å². The minimum atomic E-state index is -0.130. The Morgan fingerprint density at radius 1 is 1.32 bits per heavy atom. The fraction of sp³-hybridized carbons (Fsp3) is 0.438. The van der Waals surface area contributed by atoms with Crippen molar-refractivity contribution in [2.45, 2.75) is 33.1 Å². The van der Waals surface area contributed by atoms with Crippen molar-refractivity contribution in [1.29, 1.82) is 0 Å². The Labute approximate surface area is 114 Å². The molecule has 0 saturated heterocycles. The number of ether oxygens (including phenoxy) is 1. The topological polar surface area (TPSA) is 31.2 Å². The highest BCUT2D eigenvalue weighted by atomic mass is 16.5. The fourth-order valence-electron chi connectivity index (χ4n) is 2.59. The van der Waals surface area contributed by atoms with Gasteiger partial charge >= 0.3 is 5.97 Å². The first kappa shape index (κ1) is 13.7. The second-order valence-corrected chi connectivity index (χ2v) is 5.07. The largest absolute Gasteiger partial charge is 0.469 e. The molecule has 0 bridgehead atoms. The van der Waals surface area contributed by atoms with Crippen LogP contribution in [0.1, 0.15) is 29.7 Å². The zero-order chi connectivity index (χ0) is 14.0. The Kier molecular flexibility index (Phi) is 3.93. The molecule has 19 heavy (non-hydrogen) atoms. The van der Waals surface area contributed by atoms with Crippen molar-refractivity contribution in [2.24, 2.45) is 7.05 Å². The third kappa shape index (κ3) is 2.65. The maximum atomic E-state index is 11.2. The quantitative estimate of drug-likeness (QED) is 0.789. The highest BCUT2D eigenvalue weighted by Crippen LogP contribution is 2.27. The predicted molar refractivity (Wildman–Crippen MR) is 77.3 cm³/mol. The molecule has 102 valence electrons. The minimum absolute atomic E-state index is 0.130. The zero-order valence-electron chi connectivity index (χ0n) is 12.1. The predicted octanol–water partition coefficient (Wildman–Crippen LogP) is 3.29. The lowest BCUT2D eigenvalue weighted by Gasteiger charge is -2.02. The number of hydrogen-bond acceptors (Lipinski definition) is 2. The summed E-state index contributed by atoms with van der Waals surface area (Å²) in [5, 5.41) is 1.31. The average Bonchev–Trinajstić information content (AvgIpc) is 2.63. The maximum absolute atomic E-state index is 11.2. The Morgan fingerprint density at radius 2 is 2.05 bits per heavy atom. The molecule has 0 saturated carbocycles. The Hall–Kier alpha value is -1.77. The first-order valence-corrected chi connectivity index (χ1v) is 6.66. The number of aromatic nitrogens is 1. The molecular formula is C16H21NO2. The summed E-state index contributed by atoms with van der Waals surface area (Å²) in [5.41, 5.74) is 5.17. The average molecular weight is 259 g/mol. The summed E-state index contributed by atoms with van der Waals surface area (Å²) in [4.78, 5) is 11.2. The molecule has 0 aliphatic rings. The van der Waals surface area contributed by atoms with Crippen molar-refractivity contribution in [3.8, 4) is 0 Å². The normalized spacial score (nSPS) is 10.9. The number of carbonyl (C=O) groups excluding carboxylic acids is 1. The highest BCUT2D eigenvalue weighted by Gasteiger charge is 2.12. The van der Waals surface area contributed by atoms with Crippen molar-refractivity contribution in [3.05, 3.63) is 35.0 Å². The van der Waals surface area contributed by atoms with Gasteiger partial charge in [-0.15, -0.1) is 0 Å². The van der Waals surface area contributed by atoms with Gasteiger partial charge in [0.05, 0.1) is 7.11 Å². The molecule has 0 aliphatic carbocycles. The van der Waals surface area contributed by atoms with Crippen molar-refractivity contribution in [1.82, 2.24) is 4.57 Å². The van der Waals surface area contributed by atoms with E-state index in [4.69, 9.17) is 0 Å². The molecule has 0 N–H and O–H groups in total. The summed E-state index contributed by atoms with van der Waals surface area (Å²) in [7, 11) is 3.53. The number of hydrogen-bond donors (Lipinski definition) is 0. The number of esters is 1. The lowest BCUT2D eigenvalue weighted by Crippen LogP contribution is -2.01. The number of nitrogens with zero attached hydrogens (tertiary/aromatic N) is 1. The van der Waals surface area contributed by atoms with E-state index in [0.717, 1.165) is 12.8 Å². The van der Waals surface area contributed by atoms with Crippen LogP contribution in [0.25, 0.3) is 10.9 Å². The minimum Gasteiger partial charge on any atom is -0.469 e. The highest BCUT2D eigenvalue weighted by molar-refractivity contribution is 5.86. The number of fused-ring (bicyclic) bond motifs is 1. The summed E-state index contributed by atoms with van der Waals surface area (Å²) in [6.45, 7) is 4.25. The van der Waals surface area contributed by atoms with Crippen LogP contribution in [0.15, 0.2) is 18.2 Å². The van der Waals surface area contributed by atoms with Gasteiger partial charge in [-0.1, -0.05) is 11.6 Å². The Bertz CT molecular complexity index is 611. The van der Waals surface area contributed by atoms with Gasteiger partial charge in [-0.05, 0) is 44.4 Å². The monoisotopic (exact) mass is 259 g/mol. The van der Waals surface area contributed by atoms with E-state index in [9.17, 15) is 4.79 Å². The van der Waals surface area contributed by atoms with E-state index in [-0.39, 0.29) is 5.97 Å². The fourth-order valence-corrected chi connectivity index (χ4v) is 2.59. The summed E-state index contributed by atoms with van der Waals surface area (Å²) >= 11 is 0. The van der Waals surface area contributed by atoms with Gasteiger partial charge in [-0.3, -0.25) is 4.79 Å². The van der Waals surface area contributed by atoms with E-state index >= 15 is 0 Å². The third-order valence-corrected chi connectivity index (χ3v) is 3.81. The van der Waals surface area contributed by atoms with Crippen molar-refractivity contribution in [3.63, 3.8) is 0 Å². The molecule has 0 radical (unpaired) electrons. The summed E-state index contributed by atoms with van der Waals surface area (Å²) in [6, 6.07) is 6.54. The number of carbonyl (C=O) groups is 1. The van der Waals surface area contributed by atoms with Crippen molar-refractivity contribution < 1.29 is 9.53 Å². The SMILES string of the molecule is COC(=O)CCCc1c(C)n(C)c2ccc(C)cc12. The Morgan fingerprint density at radius 3 is 2.74 bits per heavy atom. The second kappa shape index (κ2) is 5.47. The molecule has 1 heterocycles. The molecule has 0 amide bonds. The summed E-state index contributed by atoms with van der Waals surface area (Å²) in [6.07, 6.45) is 2.24. The van der Waals surface area contributed by atoms with E-state index in [2.05, 4.69) is 48.4 Å². The van der Waals surface area contributed by atoms with E-state index in [0.29, 0.717) is 6.42 Å². The van der Waals surface area contributed by atoms with Crippen LogP contribution >= 0.6 is 0 Å². The van der Waals surface area contributed by atoms with Crippen molar-refractivity contribution in [2.75, 3.05) is 7.11 Å². The lowest BCUT2D eigenvalue weighted by molar-refractivity contribution is -0.140. The molecule has 2 rings (SSSR count). The molecular weight excluding hydrogens is 238 g/mol. The van der Waals surface area contributed by atoms with E-state index in [1.54, 1.807) is 0 Å². The van der Waals surface area contributed by atoms with Gasteiger partial charge in [-0.2, -0.15) is 0 Å². The van der Waals surface area contributed by atoms with Gasteiger partial charge in [0, 0.05) is 30.1 Å². The van der Waals surface area contributed by atoms with Gasteiger partial charge in [0.15, 0.2) is 0 Å². The van der Waals surface area contributed by atoms with Crippen LogP contribution in [-0.2, 0) is 23.0 Å². The summed E-state index contributed by atoms with van der Waals surface area (Å²) in [5.74, 6) is -0.130. The Balaban J connectivity index is 2.29. The van der Waals surface area contributed by atoms with Gasteiger partial charge in [0.1, 0.15) is 0 Å². The molecule has 0 unspecified atom stereocenters. The van der Waals surface area contributed by atoms with Crippen molar-refractivity contribution >= 4 is 16.9 Å². The van der Waals surface area contributed by atoms with Gasteiger partial charge in [0.2, 0.25) is 0 Å². The molecule has 0 aliphatic heterocycles. The second-order valence-electron chi connectivity index (χ2n) is 5.07. The maximum Gasteiger partial charge on any atom is 0.305 e. The molecule has 0 fully saturated rings. The van der Waals surface area contributed by atoms with Gasteiger partial charge in [-0.25, -0.2) is 0 Å². The molecule has 3 nitrogen and oxygen atoms in total. The van der Waals surface area contributed by atoms with Crippen LogP contribution in [0, 0.1) is 13.8 Å². The third-order valence-electron chi connectivity index (χ3n) is 3.81. The van der Waals surface area contributed by atoms with Crippen LogP contribution in [0.5, 0.6) is 0 Å². The number of aryl methyl sites for hydroxylation is 3. The molecule has 2 aromatic rings. The number of rotatable bonds is 4. The van der Waals surface area contributed by atoms with Crippen LogP contribution in [0.3, 0.4) is 0 Å². The number of benzene rings is 1. The van der Waals surface area contributed by atoms with E-state index < -0.39 is 0 Å². The standard InChI is InChI=1S/C16H21NO2/c1-11-8-9-15-14(10-11)13(12(2)17(15)3)6-5-7-16(18)19-4/h8-10H,5-7H2,1-4H3. The lowest BCUT2D eigenvalue weighted by atomic mass is 10.0. The molecule has 3 heteroatoms. The van der Waals surface area contributed by atoms with Crippen LogP contribution in [0.4, 0.5) is 0 Å².